The van der Waals surface area contributed by atoms with Crippen LogP contribution in [0, 0.1) is 0 Å². The highest BCUT2D eigenvalue weighted by atomic mass is 16.3. The number of carbonyl (C=O) groups is 1. The second-order valence-electron chi connectivity index (χ2n) is 3.69. The van der Waals surface area contributed by atoms with Crippen molar-refractivity contribution in [2.75, 3.05) is 5.32 Å². The van der Waals surface area contributed by atoms with Crippen molar-refractivity contribution in [3.8, 4) is 5.75 Å². The third kappa shape index (κ3) is 2.46. The molecule has 4 N–H and O–H groups in total. The Bertz CT molecular complexity index is 570. The molecule has 1 amide bonds. The molecule has 0 radical (unpaired) electrons. The normalized spacial score (nSPS) is 10.1. The van der Waals surface area contributed by atoms with Crippen LogP contribution in [0.3, 0.4) is 0 Å². The van der Waals surface area contributed by atoms with Crippen molar-refractivity contribution in [2.24, 2.45) is 5.73 Å². The van der Waals surface area contributed by atoms with Crippen LogP contribution in [0.4, 0.5) is 5.82 Å². The number of amides is 1. The van der Waals surface area contributed by atoms with E-state index in [0.29, 0.717) is 5.56 Å². The Labute approximate surface area is 104 Å². The highest BCUT2D eigenvalue weighted by Gasteiger charge is 2.12. The van der Waals surface area contributed by atoms with Crippen LogP contribution in [0.15, 0.2) is 42.6 Å². The van der Waals surface area contributed by atoms with Crippen LogP contribution in [0.1, 0.15) is 15.9 Å². The topological polar surface area (TPSA) is 88.2 Å². The summed E-state index contributed by atoms with van der Waals surface area (Å²) in [6, 6.07) is 10.1. The zero-order valence-electron chi connectivity index (χ0n) is 9.63. The van der Waals surface area contributed by atoms with Crippen molar-refractivity contribution in [3.05, 3.63) is 53.7 Å². The number of anilines is 1. The van der Waals surface area contributed by atoms with E-state index in [0.717, 1.165) is 5.56 Å². The minimum atomic E-state index is -0.343. The Morgan fingerprint density at radius 3 is 2.78 bits per heavy atom. The van der Waals surface area contributed by atoms with Gasteiger partial charge in [0.15, 0.2) is 11.6 Å². The van der Waals surface area contributed by atoms with Crippen LogP contribution in [0.5, 0.6) is 5.75 Å². The number of benzene rings is 1. The van der Waals surface area contributed by atoms with Crippen molar-refractivity contribution in [1.29, 1.82) is 0 Å². The van der Waals surface area contributed by atoms with E-state index in [9.17, 15) is 9.90 Å². The Balaban J connectivity index is 2.25. The number of nitrogens with two attached hydrogens (primary N) is 1. The van der Waals surface area contributed by atoms with E-state index in [1.54, 1.807) is 24.3 Å². The highest BCUT2D eigenvalue weighted by Crippen LogP contribution is 2.19. The fourth-order valence-corrected chi connectivity index (χ4v) is 1.59. The van der Waals surface area contributed by atoms with E-state index in [4.69, 9.17) is 5.73 Å². The first-order valence-electron chi connectivity index (χ1n) is 5.45. The van der Waals surface area contributed by atoms with Gasteiger partial charge in [0.25, 0.3) is 5.91 Å². The molecule has 1 aromatic heterocycles. The summed E-state index contributed by atoms with van der Waals surface area (Å²) in [5.41, 5.74) is 6.78. The number of rotatable bonds is 3. The summed E-state index contributed by atoms with van der Waals surface area (Å²) in [7, 11) is 0. The van der Waals surface area contributed by atoms with Crippen LogP contribution >= 0.6 is 0 Å². The number of hydrogen-bond acceptors (Lipinski definition) is 4. The van der Waals surface area contributed by atoms with Gasteiger partial charge in [-0.3, -0.25) is 4.79 Å². The molecule has 5 nitrogen and oxygen atoms in total. The molecule has 92 valence electrons. The lowest BCUT2D eigenvalue weighted by Gasteiger charge is -2.08. The average Bonchev–Trinajstić information content (AvgIpc) is 2.41. The molecule has 0 aliphatic rings. The number of aromatic hydroxyl groups is 1. The summed E-state index contributed by atoms with van der Waals surface area (Å²) in [4.78, 5) is 15.9. The lowest BCUT2D eigenvalue weighted by Crippen LogP contribution is -2.16. The zero-order valence-corrected chi connectivity index (χ0v) is 9.63. The molecule has 0 spiro atoms. The second kappa shape index (κ2) is 5.29. The maximum atomic E-state index is 12.0. The molecule has 0 fully saturated rings. The number of pyridine rings is 1. The maximum Gasteiger partial charge on any atom is 0.257 e. The average molecular weight is 243 g/mol. The van der Waals surface area contributed by atoms with Crippen molar-refractivity contribution < 1.29 is 9.90 Å². The van der Waals surface area contributed by atoms with Gasteiger partial charge < -0.3 is 16.2 Å². The minimum Gasteiger partial charge on any atom is -0.504 e. The Morgan fingerprint density at radius 1 is 1.28 bits per heavy atom. The van der Waals surface area contributed by atoms with Crippen molar-refractivity contribution in [2.45, 2.75) is 6.54 Å². The number of nitrogens with zero attached hydrogens (tertiary/aromatic N) is 1. The molecule has 0 saturated carbocycles. The lowest BCUT2D eigenvalue weighted by atomic mass is 10.1. The minimum absolute atomic E-state index is 0.0731. The summed E-state index contributed by atoms with van der Waals surface area (Å²) in [6.07, 6.45) is 1.49. The molecule has 2 rings (SSSR count). The zero-order chi connectivity index (χ0) is 13.0. The molecule has 0 atom stereocenters. The van der Waals surface area contributed by atoms with Gasteiger partial charge in [0, 0.05) is 18.3 Å². The van der Waals surface area contributed by atoms with Crippen LogP contribution in [0.25, 0.3) is 0 Å². The number of nitrogens with one attached hydrogen (secondary N) is 1. The first kappa shape index (κ1) is 12.1. The summed E-state index contributed by atoms with van der Waals surface area (Å²) >= 11 is 0. The van der Waals surface area contributed by atoms with Gasteiger partial charge in [-0.05, 0) is 23.8 Å². The number of hydrogen-bond donors (Lipinski definition) is 3. The van der Waals surface area contributed by atoms with Crippen molar-refractivity contribution in [3.63, 3.8) is 0 Å². The predicted molar refractivity (Wildman–Crippen MR) is 68.2 cm³/mol. The van der Waals surface area contributed by atoms with Gasteiger partial charge in [-0.2, -0.15) is 0 Å². The number of carbonyl (C=O) groups excluding carboxylic acids is 1. The van der Waals surface area contributed by atoms with Gasteiger partial charge in [-0.1, -0.05) is 18.2 Å². The van der Waals surface area contributed by atoms with Gasteiger partial charge in [-0.25, -0.2) is 4.98 Å². The monoisotopic (exact) mass is 243 g/mol. The predicted octanol–water partition coefficient (Wildman–Crippen LogP) is 1.50. The molecule has 18 heavy (non-hydrogen) atoms. The fraction of sp³-hybridized carbons (Fsp3) is 0.0769. The third-order valence-corrected chi connectivity index (χ3v) is 2.50. The summed E-state index contributed by atoms with van der Waals surface area (Å²) in [5.74, 6) is -0.282. The van der Waals surface area contributed by atoms with Crippen molar-refractivity contribution >= 4 is 11.7 Å². The van der Waals surface area contributed by atoms with E-state index in [1.807, 2.05) is 6.07 Å². The Kier molecular flexibility index (Phi) is 3.54. The standard InChI is InChI=1S/C13H13N3O2/c14-8-9-4-1-2-5-10(9)13(18)16-12-11(17)6-3-7-15-12/h1-7,17H,8,14H2,(H,15,16,18). The molecule has 0 aliphatic carbocycles. The highest BCUT2D eigenvalue weighted by molar-refractivity contribution is 6.05. The molecule has 0 aliphatic heterocycles. The smallest absolute Gasteiger partial charge is 0.257 e. The van der Waals surface area contributed by atoms with Crippen LogP contribution in [-0.4, -0.2) is 16.0 Å². The summed E-state index contributed by atoms with van der Waals surface area (Å²) < 4.78 is 0. The largest absolute Gasteiger partial charge is 0.504 e. The molecule has 0 saturated heterocycles. The molecule has 1 heterocycles. The van der Waals surface area contributed by atoms with Crippen LogP contribution in [-0.2, 0) is 6.54 Å². The van der Waals surface area contributed by atoms with E-state index in [-0.39, 0.29) is 24.0 Å². The third-order valence-electron chi connectivity index (χ3n) is 2.50. The van der Waals surface area contributed by atoms with Gasteiger partial charge >= 0.3 is 0 Å². The van der Waals surface area contributed by atoms with E-state index in [2.05, 4.69) is 10.3 Å². The quantitative estimate of drug-likeness (QED) is 0.762. The van der Waals surface area contributed by atoms with Crippen LogP contribution in [0.2, 0.25) is 0 Å². The summed E-state index contributed by atoms with van der Waals surface area (Å²) in [5, 5.41) is 12.1. The molecule has 5 heteroatoms. The van der Waals surface area contributed by atoms with E-state index >= 15 is 0 Å². The summed E-state index contributed by atoms with van der Waals surface area (Å²) in [6.45, 7) is 0.276. The molecule has 0 bridgehead atoms. The Hall–Kier alpha value is -2.40. The van der Waals surface area contributed by atoms with E-state index < -0.39 is 0 Å². The van der Waals surface area contributed by atoms with Gasteiger partial charge in [0.05, 0.1) is 0 Å². The Morgan fingerprint density at radius 2 is 2.06 bits per heavy atom. The van der Waals surface area contributed by atoms with E-state index in [1.165, 1.54) is 12.3 Å². The molecular weight excluding hydrogens is 230 g/mol. The SMILES string of the molecule is NCc1ccccc1C(=O)Nc1ncccc1O. The maximum absolute atomic E-state index is 12.0. The first-order chi connectivity index (χ1) is 8.72. The molecule has 2 aromatic rings. The fourth-order valence-electron chi connectivity index (χ4n) is 1.59. The number of aromatic nitrogens is 1. The molecule has 0 unspecified atom stereocenters. The second-order valence-corrected chi connectivity index (χ2v) is 3.69. The van der Waals surface area contributed by atoms with Gasteiger partial charge in [0.1, 0.15) is 0 Å². The van der Waals surface area contributed by atoms with Gasteiger partial charge in [-0.15, -0.1) is 0 Å². The first-order valence-corrected chi connectivity index (χ1v) is 5.45. The van der Waals surface area contributed by atoms with Gasteiger partial charge in [0.2, 0.25) is 0 Å². The van der Waals surface area contributed by atoms with Crippen LogP contribution < -0.4 is 11.1 Å². The van der Waals surface area contributed by atoms with Crippen molar-refractivity contribution in [1.82, 2.24) is 4.98 Å². The molecule has 1 aromatic carbocycles. The molecular formula is C13H13N3O2. The lowest BCUT2D eigenvalue weighted by molar-refractivity contribution is 0.102.